The number of hydrogen-bond acceptors (Lipinski definition) is 3. The number of para-hydroxylation sites is 1. The predicted molar refractivity (Wildman–Crippen MR) is 88.5 cm³/mol. The third-order valence-corrected chi connectivity index (χ3v) is 4.83. The van der Waals surface area contributed by atoms with Gasteiger partial charge in [0.1, 0.15) is 12.4 Å². The zero-order valence-electron chi connectivity index (χ0n) is 13.8. The number of hydrogen-bond donors (Lipinski definition) is 1. The lowest BCUT2D eigenvalue weighted by molar-refractivity contribution is 0.114. The van der Waals surface area contributed by atoms with Gasteiger partial charge in [-0.2, -0.15) is 0 Å². The molecule has 0 spiro atoms. The molecule has 0 aromatic heterocycles. The summed E-state index contributed by atoms with van der Waals surface area (Å²) < 4.78 is 5.91. The molecule has 3 nitrogen and oxygen atoms in total. The fourth-order valence-corrected chi connectivity index (χ4v) is 3.12. The first-order valence-corrected chi connectivity index (χ1v) is 8.13. The van der Waals surface area contributed by atoms with E-state index in [-0.39, 0.29) is 0 Å². The van der Waals surface area contributed by atoms with Crippen LogP contribution in [0.4, 0.5) is 0 Å². The average molecular weight is 290 g/mol. The third-order valence-electron chi connectivity index (χ3n) is 4.83. The molecular formula is C18H30N2O. The van der Waals surface area contributed by atoms with Gasteiger partial charge in [0, 0.05) is 24.7 Å². The highest BCUT2D eigenvalue weighted by Gasteiger charge is 2.28. The Morgan fingerprint density at radius 1 is 1.24 bits per heavy atom. The fourth-order valence-electron chi connectivity index (χ4n) is 3.12. The summed E-state index contributed by atoms with van der Waals surface area (Å²) in [5.74, 6) is 0.929. The van der Waals surface area contributed by atoms with Crippen molar-refractivity contribution in [3.05, 3.63) is 29.8 Å². The lowest BCUT2D eigenvalue weighted by Gasteiger charge is -2.38. The summed E-state index contributed by atoms with van der Waals surface area (Å²) in [5, 5.41) is 0. The van der Waals surface area contributed by atoms with Gasteiger partial charge >= 0.3 is 0 Å². The fraction of sp³-hybridized carbons (Fsp3) is 0.667. The lowest BCUT2D eigenvalue weighted by Crippen LogP contribution is -2.39. The molecule has 0 amide bonds. The van der Waals surface area contributed by atoms with Crippen molar-refractivity contribution in [1.82, 2.24) is 4.90 Å². The number of likely N-dealkylation sites (N-methyl/N-ethyl adjacent to an activating group) is 1. The van der Waals surface area contributed by atoms with E-state index in [1.54, 1.807) is 0 Å². The summed E-state index contributed by atoms with van der Waals surface area (Å²) in [5.41, 5.74) is 7.35. The minimum absolute atomic E-state index is 0.531. The molecule has 118 valence electrons. The van der Waals surface area contributed by atoms with Crippen LogP contribution < -0.4 is 10.5 Å². The molecule has 0 saturated heterocycles. The zero-order valence-corrected chi connectivity index (χ0v) is 13.8. The first-order chi connectivity index (χ1) is 10.0. The van der Waals surface area contributed by atoms with E-state index >= 15 is 0 Å². The second kappa shape index (κ2) is 7.28. The third kappa shape index (κ3) is 4.72. The van der Waals surface area contributed by atoms with Gasteiger partial charge < -0.3 is 15.4 Å². The second-order valence-electron chi connectivity index (χ2n) is 7.04. The molecule has 1 aromatic rings. The van der Waals surface area contributed by atoms with Gasteiger partial charge in [-0.05, 0) is 44.2 Å². The van der Waals surface area contributed by atoms with Crippen LogP contribution in [0.2, 0.25) is 0 Å². The highest BCUT2D eigenvalue weighted by molar-refractivity contribution is 5.32. The van der Waals surface area contributed by atoms with Gasteiger partial charge in [-0.15, -0.1) is 0 Å². The van der Waals surface area contributed by atoms with Crippen LogP contribution >= 0.6 is 0 Å². The van der Waals surface area contributed by atoms with E-state index in [1.165, 1.54) is 25.7 Å². The van der Waals surface area contributed by atoms with E-state index in [0.29, 0.717) is 18.0 Å². The minimum atomic E-state index is 0.531. The quantitative estimate of drug-likeness (QED) is 0.872. The first kappa shape index (κ1) is 16.3. The summed E-state index contributed by atoms with van der Waals surface area (Å²) in [6, 6.07) is 8.76. The summed E-state index contributed by atoms with van der Waals surface area (Å²) in [6.07, 6.45) is 5.28. The molecule has 1 aliphatic rings. The molecular weight excluding hydrogens is 260 g/mol. The van der Waals surface area contributed by atoms with Gasteiger partial charge in [0.15, 0.2) is 0 Å². The molecule has 3 heteroatoms. The summed E-state index contributed by atoms with van der Waals surface area (Å²) in [6.45, 7) is 7.01. The van der Waals surface area contributed by atoms with Crippen molar-refractivity contribution in [2.45, 2.75) is 52.1 Å². The normalized spacial score (nSPS) is 18.9. The van der Waals surface area contributed by atoms with Crippen molar-refractivity contribution < 1.29 is 4.74 Å². The van der Waals surface area contributed by atoms with Gasteiger partial charge in [0.2, 0.25) is 0 Å². The number of ether oxygens (including phenoxy) is 1. The van der Waals surface area contributed by atoms with Crippen LogP contribution in [-0.2, 0) is 6.54 Å². The molecule has 1 aromatic carbocycles. The van der Waals surface area contributed by atoms with Gasteiger partial charge in [0.05, 0.1) is 0 Å². The van der Waals surface area contributed by atoms with Gasteiger partial charge in [-0.1, -0.05) is 32.0 Å². The Kier molecular flexibility index (Phi) is 5.65. The Balaban J connectivity index is 1.76. The van der Waals surface area contributed by atoms with Gasteiger partial charge in [-0.25, -0.2) is 0 Å². The van der Waals surface area contributed by atoms with Crippen LogP contribution in [0.3, 0.4) is 0 Å². The van der Waals surface area contributed by atoms with E-state index in [2.05, 4.69) is 25.8 Å². The molecule has 21 heavy (non-hydrogen) atoms. The molecule has 0 aliphatic heterocycles. The molecule has 0 unspecified atom stereocenters. The molecule has 1 aliphatic carbocycles. The number of benzene rings is 1. The zero-order chi connectivity index (χ0) is 15.3. The highest BCUT2D eigenvalue weighted by atomic mass is 16.5. The summed E-state index contributed by atoms with van der Waals surface area (Å²) in [4.78, 5) is 2.46. The van der Waals surface area contributed by atoms with Crippen molar-refractivity contribution >= 4 is 0 Å². The lowest BCUT2D eigenvalue weighted by atomic mass is 9.75. The minimum Gasteiger partial charge on any atom is -0.492 e. The maximum Gasteiger partial charge on any atom is 0.123 e. The van der Waals surface area contributed by atoms with Crippen LogP contribution in [0.1, 0.15) is 45.1 Å². The van der Waals surface area contributed by atoms with Crippen LogP contribution in [0.5, 0.6) is 5.75 Å². The van der Waals surface area contributed by atoms with Crippen LogP contribution in [0.15, 0.2) is 24.3 Å². The SMILES string of the molecule is CN(CCOc1ccccc1CN)C1CCC(C)(C)CC1. The maximum atomic E-state index is 5.91. The standard InChI is InChI=1S/C18H30N2O/c1-18(2)10-8-16(9-11-18)20(3)12-13-21-17-7-5-4-6-15(17)14-19/h4-7,16H,8-14,19H2,1-3H3. The largest absolute Gasteiger partial charge is 0.492 e. The molecule has 0 radical (unpaired) electrons. The van der Waals surface area contributed by atoms with Crippen molar-refractivity contribution in [2.24, 2.45) is 11.1 Å². The Morgan fingerprint density at radius 2 is 1.90 bits per heavy atom. The number of rotatable bonds is 6. The second-order valence-corrected chi connectivity index (χ2v) is 7.04. The number of nitrogens with two attached hydrogens (primary N) is 1. The van der Waals surface area contributed by atoms with E-state index in [4.69, 9.17) is 10.5 Å². The monoisotopic (exact) mass is 290 g/mol. The molecule has 0 atom stereocenters. The average Bonchev–Trinajstić information content (AvgIpc) is 2.47. The molecule has 2 rings (SSSR count). The van der Waals surface area contributed by atoms with E-state index in [1.807, 2.05) is 24.3 Å². The Bertz CT molecular complexity index is 435. The predicted octanol–water partition coefficient (Wildman–Crippen LogP) is 3.42. The van der Waals surface area contributed by atoms with Gasteiger partial charge in [0.25, 0.3) is 0 Å². The van der Waals surface area contributed by atoms with E-state index < -0.39 is 0 Å². The van der Waals surface area contributed by atoms with Crippen molar-refractivity contribution in [1.29, 1.82) is 0 Å². The highest BCUT2D eigenvalue weighted by Crippen LogP contribution is 2.36. The van der Waals surface area contributed by atoms with Crippen LogP contribution in [0, 0.1) is 5.41 Å². The van der Waals surface area contributed by atoms with Crippen molar-refractivity contribution in [2.75, 3.05) is 20.2 Å². The van der Waals surface area contributed by atoms with Crippen LogP contribution in [-0.4, -0.2) is 31.1 Å². The topological polar surface area (TPSA) is 38.5 Å². The maximum absolute atomic E-state index is 5.91. The molecule has 1 saturated carbocycles. The molecule has 1 fully saturated rings. The Hall–Kier alpha value is -1.06. The first-order valence-electron chi connectivity index (χ1n) is 8.13. The summed E-state index contributed by atoms with van der Waals surface area (Å²) in [7, 11) is 2.22. The van der Waals surface area contributed by atoms with Crippen LogP contribution in [0.25, 0.3) is 0 Å². The van der Waals surface area contributed by atoms with E-state index in [9.17, 15) is 0 Å². The Morgan fingerprint density at radius 3 is 2.57 bits per heavy atom. The van der Waals surface area contributed by atoms with Crippen molar-refractivity contribution in [3.8, 4) is 5.75 Å². The van der Waals surface area contributed by atoms with Gasteiger partial charge in [-0.3, -0.25) is 0 Å². The smallest absolute Gasteiger partial charge is 0.123 e. The van der Waals surface area contributed by atoms with E-state index in [0.717, 1.165) is 24.5 Å². The molecule has 2 N–H and O–H groups in total. The number of nitrogens with zero attached hydrogens (tertiary/aromatic N) is 1. The molecule has 0 bridgehead atoms. The summed E-state index contributed by atoms with van der Waals surface area (Å²) >= 11 is 0. The Labute approximate surface area is 129 Å². The molecule has 0 heterocycles. The van der Waals surface area contributed by atoms with Crippen molar-refractivity contribution in [3.63, 3.8) is 0 Å².